The maximum absolute atomic E-state index is 7.36. The Hall–Kier alpha value is -0.640. The van der Waals surface area contributed by atoms with Crippen molar-refractivity contribution in [1.29, 1.82) is 5.41 Å². The molecule has 18 heavy (non-hydrogen) atoms. The van der Waals surface area contributed by atoms with Crippen LogP contribution in [0.4, 0.5) is 0 Å². The van der Waals surface area contributed by atoms with Gasteiger partial charge in [0, 0.05) is 0 Å². The molecule has 0 radical (unpaired) electrons. The average Bonchev–Trinajstić information content (AvgIpc) is 2.33. The highest BCUT2D eigenvalue weighted by molar-refractivity contribution is 6.76. The van der Waals surface area contributed by atoms with Crippen molar-refractivity contribution in [2.24, 2.45) is 0 Å². The predicted octanol–water partition coefficient (Wildman–Crippen LogP) is 3.99. The lowest BCUT2D eigenvalue weighted by atomic mass is 10.1. The smallest absolute Gasteiger partial charge is 0.265 e. The van der Waals surface area contributed by atoms with E-state index in [2.05, 4.69) is 0 Å². The Labute approximate surface area is 121 Å². The third-order valence-corrected chi connectivity index (χ3v) is 2.80. The van der Waals surface area contributed by atoms with E-state index in [1.165, 1.54) is 0 Å². The minimum atomic E-state index is -1.79. The highest BCUT2D eigenvalue weighted by Gasteiger charge is 2.28. The molecule has 0 heterocycles. The summed E-state index contributed by atoms with van der Waals surface area (Å²) < 4.78 is 8.49. The first kappa shape index (κ1) is 15.4. The maximum Gasteiger partial charge on any atom is 0.265 e. The van der Waals surface area contributed by atoms with Crippen molar-refractivity contribution >= 4 is 40.7 Å². The summed E-state index contributed by atoms with van der Waals surface area (Å²) in [5.74, 6) is 0.487. The summed E-state index contributed by atoms with van der Waals surface area (Å²) in [6, 6.07) is 7.75. The first-order chi connectivity index (χ1) is 8.45. The number of ether oxygens (including phenoxy) is 2. The Balaban J connectivity index is 2.36. The van der Waals surface area contributed by atoms with Gasteiger partial charge in [-0.1, -0.05) is 53.0 Å². The van der Waals surface area contributed by atoms with Crippen molar-refractivity contribution in [2.75, 3.05) is 13.7 Å². The fourth-order valence-corrected chi connectivity index (χ4v) is 1.59. The molecule has 3 nitrogen and oxygen atoms in total. The van der Waals surface area contributed by atoms with Gasteiger partial charge in [-0.2, -0.15) is 0 Å². The zero-order valence-electron chi connectivity index (χ0n) is 9.88. The van der Waals surface area contributed by atoms with Gasteiger partial charge in [0.25, 0.3) is 3.79 Å². The van der Waals surface area contributed by atoms with E-state index in [1.54, 1.807) is 7.11 Å². The zero-order valence-corrected chi connectivity index (χ0v) is 12.1. The van der Waals surface area contributed by atoms with Crippen LogP contribution in [0.2, 0.25) is 0 Å². The van der Waals surface area contributed by atoms with Gasteiger partial charge >= 0.3 is 0 Å². The molecule has 0 aliphatic heterocycles. The molecule has 1 aromatic rings. The van der Waals surface area contributed by atoms with E-state index in [0.717, 1.165) is 17.7 Å². The minimum absolute atomic E-state index is 0.324. The molecule has 0 saturated heterocycles. The normalized spacial score (nSPS) is 11.1. The first-order valence-corrected chi connectivity index (χ1v) is 6.49. The quantitative estimate of drug-likeness (QED) is 0.387. The lowest BCUT2D eigenvalue weighted by Gasteiger charge is -2.13. The fraction of sp³-hybridized carbons (Fsp3) is 0.417. The third kappa shape index (κ3) is 4.92. The molecule has 6 heteroatoms. The number of nitrogens with one attached hydrogen (secondary N) is 1. The van der Waals surface area contributed by atoms with E-state index in [1.807, 2.05) is 24.3 Å². The SMILES string of the molecule is COc1ccccc1CCCOC(=N)C(Cl)(Cl)Cl. The summed E-state index contributed by atoms with van der Waals surface area (Å²) in [5, 5.41) is 7.36. The van der Waals surface area contributed by atoms with Crippen LogP contribution in [-0.4, -0.2) is 23.4 Å². The topological polar surface area (TPSA) is 42.3 Å². The number of hydrogen-bond donors (Lipinski definition) is 1. The molecular formula is C12H14Cl3NO2. The van der Waals surface area contributed by atoms with Crippen LogP contribution in [0.25, 0.3) is 0 Å². The molecule has 0 atom stereocenters. The number of halogens is 3. The minimum Gasteiger partial charge on any atom is -0.496 e. The average molecular weight is 311 g/mol. The largest absolute Gasteiger partial charge is 0.496 e. The molecule has 1 aromatic carbocycles. The Morgan fingerprint density at radius 3 is 2.56 bits per heavy atom. The molecule has 0 aliphatic carbocycles. The molecule has 1 rings (SSSR count). The van der Waals surface area contributed by atoms with Crippen LogP contribution in [0, 0.1) is 5.41 Å². The molecule has 0 amide bonds. The number of rotatable bonds is 5. The van der Waals surface area contributed by atoms with Gasteiger partial charge < -0.3 is 9.47 Å². The Bertz CT molecular complexity index is 405. The van der Waals surface area contributed by atoms with E-state index in [0.29, 0.717) is 13.0 Å². The van der Waals surface area contributed by atoms with Crippen molar-refractivity contribution in [3.8, 4) is 5.75 Å². The standard InChI is InChI=1S/C12H14Cl3NO2/c1-17-10-7-3-2-5-9(10)6-4-8-18-11(16)12(13,14)15/h2-3,5,7,16H,4,6,8H2,1H3. The Kier molecular flexibility index (Phi) is 6.06. The van der Waals surface area contributed by atoms with Crippen molar-refractivity contribution in [1.82, 2.24) is 0 Å². The van der Waals surface area contributed by atoms with Gasteiger partial charge in [0.1, 0.15) is 5.75 Å². The molecule has 1 N–H and O–H groups in total. The van der Waals surface area contributed by atoms with Crippen molar-refractivity contribution in [2.45, 2.75) is 16.6 Å². The number of benzene rings is 1. The summed E-state index contributed by atoms with van der Waals surface area (Å²) >= 11 is 16.5. The van der Waals surface area contributed by atoms with Crippen LogP contribution < -0.4 is 4.74 Å². The van der Waals surface area contributed by atoms with Crippen molar-refractivity contribution < 1.29 is 9.47 Å². The molecule has 0 saturated carbocycles. The Morgan fingerprint density at radius 1 is 1.28 bits per heavy atom. The molecular weight excluding hydrogens is 296 g/mol. The van der Waals surface area contributed by atoms with Gasteiger partial charge in [-0.15, -0.1) is 0 Å². The zero-order chi connectivity index (χ0) is 13.6. The molecule has 0 spiro atoms. The number of methoxy groups -OCH3 is 1. The van der Waals surface area contributed by atoms with Gasteiger partial charge in [0.05, 0.1) is 13.7 Å². The highest BCUT2D eigenvalue weighted by atomic mass is 35.6. The monoisotopic (exact) mass is 309 g/mol. The second-order valence-electron chi connectivity index (χ2n) is 3.59. The van der Waals surface area contributed by atoms with E-state index < -0.39 is 3.79 Å². The van der Waals surface area contributed by atoms with Crippen LogP contribution in [-0.2, 0) is 11.2 Å². The van der Waals surface area contributed by atoms with E-state index in [-0.39, 0.29) is 5.90 Å². The van der Waals surface area contributed by atoms with Crippen molar-refractivity contribution in [3.63, 3.8) is 0 Å². The van der Waals surface area contributed by atoms with Crippen LogP contribution in [0.3, 0.4) is 0 Å². The lowest BCUT2D eigenvalue weighted by molar-refractivity contribution is 0.289. The maximum atomic E-state index is 7.36. The third-order valence-electron chi connectivity index (χ3n) is 2.29. The second kappa shape index (κ2) is 7.07. The number of aryl methyl sites for hydroxylation is 1. The van der Waals surface area contributed by atoms with Crippen molar-refractivity contribution in [3.05, 3.63) is 29.8 Å². The molecule has 0 aliphatic rings. The number of alkyl halides is 3. The summed E-state index contributed by atoms with van der Waals surface area (Å²) in [5.41, 5.74) is 1.09. The molecule has 0 fully saturated rings. The Morgan fingerprint density at radius 2 is 1.94 bits per heavy atom. The van der Waals surface area contributed by atoms with Crippen LogP contribution in [0.1, 0.15) is 12.0 Å². The number of hydrogen-bond acceptors (Lipinski definition) is 3. The molecule has 100 valence electrons. The summed E-state index contributed by atoms with van der Waals surface area (Å²) in [4.78, 5) is 0. The summed E-state index contributed by atoms with van der Waals surface area (Å²) in [7, 11) is 1.63. The van der Waals surface area contributed by atoms with Crippen LogP contribution >= 0.6 is 34.8 Å². The van der Waals surface area contributed by atoms with Gasteiger partial charge in [-0.3, -0.25) is 5.41 Å². The van der Waals surface area contributed by atoms with Gasteiger partial charge in [-0.25, -0.2) is 0 Å². The van der Waals surface area contributed by atoms with Gasteiger partial charge in [0.2, 0.25) is 5.90 Å². The number of para-hydroxylation sites is 1. The lowest BCUT2D eigenvalue weighted by Crippen LogP contribution is -2.21. The molecule has 0 aromatic heterocycles. The van der Waals surface area contributed by atoms with Gasteiger partial charge in [-0.05, 0) is 24.5 Å². The molecule has 0 unspecified atom stereocenters. The summed E-state index contributed by atoms with van der Waals surface area (Å²) in [6.45, 7) is 0.324. The van der Waals surface area contributed by atoms with Crippen LogP contribution in [0.5, 0.6) is 5.75 Å². The summed E-state index contributed by atoms with van der Waals surface area (Å²) in [6.07, 6.45) is 1.49. The highest BCUT2D eigenvalue weighted by Crippen LogP contribution is 2.27. The van der Waals surface area contributed by atoms with Crippen LogP contribution in [0.15, 0.2) is 24.3 Å². The van der Waals surface area contributed by atoms with E-state index >= 15 is 0 Å². The van der Waals surface area contributed by atoms with Gasteiger partial charge in [0.15, 0.2) is 0 Å². The predicted molar refractivity (Wildman–Crippen MR) is 75.3 cm³/mol. The van der Waals surface area contributed by atoms with E-state index in [4.69, 9.17) is 49.7 Å². The molecule has 0 bridgehead atoms. The second-order valence-corrected chi connectivity index (χ2v) is 5.87. The van der Waals surface area contributed by atoms with E-state index in [9.17, 15) is 0 Å². The first-order valence-electron chi connectivity index (χ1n) is 5.35. The fourth-order valence-electron chi connectivity index (χ4n) is 1.43.